The smallest absolute Gasteiger partial charge is 0.0717 e. The summed E-state index contributed by atoms with van der Waals surface area (Å²) in [4.78, 5) is 6.68. The molecule has 0 atom stereocenters. The number of aromatic nitrogens is 1. The van der Waals surface area contributed by atoms with Crippen LogP contribution in [-0.4, -0.2) is 23.2 Å². The largest absolute Gasteiger partial charge is 0.392 e. The summed E-state index contributed by atoms with van der Waals surface area (Å²) in [7, 11) is 0. The summed E-state index contributed by atoms with van der Waals surface area (Å²) in [5.74, 6) is 0.796. The van der Waals surface area contributed by atoms with E-state index in [1.165, 1.54) is 18.5 Å². The van der Waals surface area contributed by atoms with Crippen LogP contribution in [-0.2, 0) is 6.61 Å². The van der Waals surface area contributed by atoms with Crippen LogP contribution in [0.1, 0.15) is 44.9 Å². The first-order chi connectivity index (χ1) is 8.91. The first-order valence-corrected chi connectivity index (χ1v) is 7.23. The highest BCUT2D eigenvalue weighted by atomic mass is 16.3. The molecule has 3 nitrogen and oxygen atoms in total. The SMILES string of the molecule is Cc1cc(N2CCC(C(C)(C)C)CC2)c(CO)cn1. The molecule has 1 saturated heterocycles. The second-order valence-electron chi connectivity index (χ2n) is 6.74. The summed E-state index contributed by atoms with van der Waals surface area (Å²) in [5.41, 5.74) is 3.53. The minimum atomic E-state index is 0.0712. The van der Waals surface area contributed by atoms with E-state index in [2.05, 4.69) is 36.7 Å². The fourth-order valence-electron chi connectivity index (χ4n) is 2.98. The number of nitrogens with zero attached hydrogens (tertiary/aromatic N) is 2. The van der Waals surface area contributed by atoms with Crippen LogP contribution in [0.4, 0.5) is 5.69 Å². The van der Waals surface area contributed by atoms with E-state index in [-0.39, 0.29) is 6.61 Å². The van der Waals surface area contributed by atoms with E-state index >= 15 is 0 Å². The van der Waals surface area contributed by atoms with Crippen molar-refractivity contribution in [2.75, 3.05) is 18.0 Å². The number of aliphatic hydroxyl groups is 1. The zero-order valence-electron chi connectivity index (χ0n) is 12.6. The Morgan fingerprint density at radius 3 is 2.47 bits per heavy atom. The van der Waals surface area contributed by atoms with Crippen molar-refractivity contribution in [3.05, 3.63) is 23.5 Å². The van der Waals surface area contributed by atoms with Gasteiger partial charge in [0.05, 0.1) is 6.61 Å². The average Bonchev–Trinajstić information content (AvgIpc) is 2.38. The molecule has 0 amide bonds. The molecule has 0 radical (unpaired) electrons. The molecule has 1 aromatic heterocycles. The molecule has 0 aliphatic carbocycles. The van der Waals surface area contributed by atoms with Crippen LogP contribution < -0.4 is 4.90 Å². The number of pyridine rings is 1. The third-order valence-electron chi connectivity index (χ3n) is 4.33. The first kappa shape index (κ1) is 14.3. The standard InChI is InChI=1S/C16H26N2O/c1-12-9-15(13(11-19)10-17-12)18-7-5-14(6-8-18)16(2,3)4/h9-10,14,19H,5-8,11H2,1-4H3. The number of rotatable bonds is 2. The molecular weight excluding hydrogens is 236 g/mol. The van der Waals surface area contributed by atoms with Gasteiger partial charge in [-0.3, -0.25) is 4.98 Å². The average molecular weight is 262 g/mol. The monoisotopic (exact) mass is 262 g/mol. The number of anilines is 1. The quantitative estimate of drug-likeness (QED) is 0.889. The second-order valence-corrected chi connectivity index (χ2v) is 6.74. The Labute approximate surface area is 116 Å². The minimum absolute atomic E-state index is 0.0712. The normalized spacial score (nSPS) is 17.8. The predicted octanol–water partition coefficient (Wildman–Crippen LogP) is 3.14. The predicted molar refractivity (Wildman–Crippen MR) is 79.3 cm³/mol. The van der Waals surface area contributed by atoms with Gasteiger partial charge in [-0.05, 0) is 37.2 Å². The topological polar surface area (TPSA) is 36.4 Å². The van der Waals surface area contributed by atoms with E-state index in [9.17, 15) is 5.11 Å². The Bertz CT molecular complexity index is 429. The molecule has 1 N–H and O–H groups in total. The van der Waals surface area contributed by atoms with Crippen LogP contribution in [0.5, 0.6) is 0 Å². The van der Waals surface area contributed by atoms with Gasteiger partial charge in [0.1, 0.15) is 0 Å². The van der Waals surface area contributed by atoms with Gasteiger partial charge in [-0.2, -0.15) is 0 Å². The maximum absolute atomic E-state index is 9.45. The van der Waals surface area contributed by atoms with Crippen LogP contribution in [0.2, 0.25) is 0 Å². The summed E-state index contributed by atoms with van der Waals surface area (Å²) < 4.78 is 0. The number of aryl methyl sites for hydroxylation is 1. The van der Waals surface area contributed by atoms with E-state index in [1.54, 1.807) is 6.20 Å². The molecule has 0 spiro atoms. The Balaban J connectivity index is 2.11. The highest BCUT2D eigenvalue weighted by Gasteiger charge is 2.29. The number of hydrogen-bond donors (Lipinski definition) is 1. The molecule has 0 bridgehead atoms. The molecule has 1 aliphatic rings. The van der Waals surface area contributed by atoms with Gasteiger partial charge in [-0.25, -0.2) is 0 Å². The van der Waals surface area contributed by atoms with Gasteiger partial charge >= 0.3 is 0 Å². The lowest BCUT2D eigenvalue weighted by molar-refractivity contribution is 0.198. The van der Waals surface area contributed by atoms with Gasteiger partial charge in [-0.1, -0.05) is 20.8 Å². The maximum atomic E-state index is 9.45. The molecule has 19 heavy (non-hydrogen) atoms. The van der Waals surface area contributed by atoms with Crippen molar-refractivity contribution < 1.29 is 5.11 Å². The molecule has 2 rings (SSSR count). The van der Waals surface area contributed by atoms with Crippen molar-refractivity contribution >= 4 is 5.69 Å². The summed E-state index contributed by atoms with van der Waals surface area (Å²) in [6.07, 6.45) is 4.27. The van der Waals surface area contributed by atoms with Gasteiger partial charge in [0, 0.05) is 36.2 Å². The van der Waals surface area contributed by atoms with Crippen LogP contribution in [0, 0.1) is 18.3 Å². The first-order valence-electron chi connectivity index (χ1n) is 7.23. The third kappa shape index (κ3) is 3.27. The van der Waals surface area contributed by atoms with Crippen molar-refractivity contribution in [3.8, 4) is 0 Å². The summed E-state index contributed by atoms with van der Waals surface area (Å²) in [6, 6.07) is 2.10. The fourth-order valence-corrected chi connectivity index (χ4v) is 2.98. The van der Waals surface area contributed by atoms with Crippen LogP contribution >= 0.6 is 0 Å². The van der Waals surface area contributed by atoms with Gasteiger partial charge in [0.2, 0.25) is 0 Å². The molecule has 106 valence electrons. The Hall–Kier alpha value is -1.09. The Kier molecular flexibility index (Phi) is 4.14. The second kappa shape index (κ2) is 5.49. The van der Waals surface area contributed by atoms with Crippen molar-refractivity contribution in [2.45, 2.75) is 47.1 Å². The molecule has 1 aromatic rings. The van der Waals surface area contributed by atoms with E-state index < -0.39 is 0 Å². The Morgan fingerprint density at radius 2 is 1.95 bits per heavy atom. The zero-order chi connectivity index (χ0) is 14.0. The lowest BCUT2D eigenvalue weighted by Crippen LogP contribution is -2.38. The minimum Gasteiger partial charge on any atom is -0.392 e. The van der Waals surface area contributed by atoms with Crippen molar-refractivity contribution in [3.63, 3.8) is 0 Å². The van der Waals surface area contributed by atoms with E-state index in [1.807, 2.05) is 6.92 Å². The summed E-state index contributed by atoms with van der Waals surface area (Å²) >= 11 is 0. The van der Waals surface area contributed by atoms with Gasteiger partial charge in [0.25, 0.3) is 0 Å². The lowest BCUT2D eigenvalue weighted by atomic mass is 9.75. The van der Waals surface area contributed by atoms with Gasteiger partial charge in [0.15, 0.2) is 0 Å². The maximum Gasteiger partial charge on any atom is 0.0717 e. The highest BCUT2D eigenvalue weighted by Crippen LogP contribution is 2.36. The molecular formula is C16H26N2O. The molecule has 1 fully saturated rings. The Morgan fingerprint density at radius 1 is 1.32 bits per heavy atom. The van der Waals surface area contributed by atoms with Crippen LogP contribution in [0.15, 0.2) is 12.3 Å². The summed E-state index contributed by atoms with van der Waals surface area (Å²) in [6.45, 7) is 11.3. The van der Waals surface area contributed by atoms with Crippen molar-refractivity contribution in [1.82, 2.24) is 4.98 Å². The molecule has 0 aromatic carbocycles. The fraction of sp³-hybridized carbons (Fsp3) is 0.688. The lowest BCUT2D eigenvalue weighted by Gasteiger charge is -2.40. The van der Waals surface area contributed by atoms with Gasteiger partial charge in [-0.15, -0.1) is 0 Å². The van der Waals surface area contributed by atoms with Crippen LogP contribution in [0.25, 0.3) is 0 Å². The number of hydrogen-bond acceptors (Lipinski definition) is 3. The molecule has 0 unspecified atom stereocenters. The summed E-state index contributed by atoms with van der Waals surface area (Å²) in [5, 5.41) is 9.45. The molecule has 3 heteroatoms. The van der Waals surface area contributed by atoms with Crippen molar-refractivity contribution in [2.24, 2.45) is 11.3 Å². The van der Waals surface area contributed by atoms with E-state index in [0.717, 1.165) is 30.3 Å². The zero-order valence-corrected chi connectivity index (χ0v) is 12.6. The van der Waals surface area contributed by atoms with E-state index in [0.29, 0.717) is 5.41 Å². The highest BCUT2D eigenvalue weighted by molar-refractivity contribution is 5.53. The number of aliphatic hydroxyl groups excluding tert-OH is 1. The number of piperidine rings is 1. The molecule has 2 heterocycles. The molecule has 1 aliphatic heterocycles. The molecule has 0 saturated carbocycles. The van der Waals surface area contributed by atoms with Crippen LogP contribution in [0.3, 0.4) is 0 Å². The van der Waals surface area contributed by atoms with Gasteiger partial charge < -0.3 is 10.0 Å². The van der Waals surface area contributed by atoms with Crippen molar-refractivity contribution in [1.29, 1.82) is 0 Å². The van der Waals surface area contributed by atoms with E-state index in [4.69, 9.17) is 0 Å². The third-order valence-corrected chi connectivity index (χ3v) is 4.33.